The molecule has 2 heterocycles. The first kappa shape index (κ1) is 23.9. The lowest BCUT2D eigenvalue weighted by Gasteiger charge is -2.26. The first-order valence-electron chi connectivity index (χ1n) is 11.1. The summed E-state index contributed by atoms with van der Waals surface area (Å²) >= 11 is 7.53. The van der Waals surface area contributed by atoms with E-state index in [1.807, 2.05) is 36.4 Å². The minimum atomic E-state index is -0.288. The highest BCUT2D eigenvalue weighted by molar-refractivity contribution is 8.00. The summed E-state index contributed by atoms with van der Waals surface area (Å²) < 4.78 is 11.1. The summed E-state index contributed by atoms with van der Waals surface area (Å²) in [5.74, 6) is 2.18. The van der Waals surface area contributed by atoms with E-state index in [2.05, 4.69) is 15.5 Å². The van der Waals surface area contributed by atoms with Crippen LogP contribution in [0.25, 0.3) is 0 Å². The Hall–Kier alpha value is -2.26. The summed E-state index contributed by atoms with van der Waals surface area (Å²) in [4.78, 5) is 27.2. The van der Waals surface area contributed by atoms with Crippen molar-refractivity contribution < 1.29 is 19.1 Å². The molecule has 9 heteroatoms. The summed E-state index contributed by atoms with van der Waals surface area (Å²) in [5.41, 5.74) is 0.929. The lowest BCUT2D eigenvalue weighted by atomic mass is 10.1. The molecule has 2 amide bonds. The predicted octanol–water partition coefficient (Wildman–Crippen LogP) is 3.24. The predicted molar refractivity (Wildman–Crippen MR) is 130 cm³/mol. The van der Waals surface area contributed by atoms with Gasteiger partial charge in [-0.05, 0) is 54.1 Å². The van der Waals surface area contributed by atoms with Gasteiger partial charge < -0.3 is 20.1 Å². The minimum absolute atomic E-state index is 0.0177. The van der Waals surface area contributed by atoms with E-state index in [1.165, 1.54) is 0 Å². The summed E-state index contributed by atoms with van der Waals surface area (Å²) in [7, 11) is 0. The molecule has 2 aliphatic rings. The molecule has 2 N–H and O–H groups in total. The zero-order chi connectivity index (χ0) is 23.0. The van der Waals surface area contributed by atoms with Gasteiger partial charge in [0.15, 0.2) is 0 Å². The number of hydrogen-bond donors (Lipinski definition) is 2. The van der Waals surface area contributed by atoms with E-state index in [-0.39, 0.29) is 23.1 Å². The second-order valence-electron chi connectivity index (χ2n) is 8.06. The highest BCUT2D eigenvalue weighted by atomic mass is 35.5. The smallest absolute Gasteiger partial charge is 0.237 e. The first-order chi connectivity index (χ1) is 16.1. The molecule has 2 fully saturated rings. The van der Waals surface area contributed by atoms with E-state index in [1.54, 1.807) is 23.9 Å². The summed E-state index contributed by atoms with van der Waals surface area (Å²) in [6.45, 7) is 3.68. The Morgan fingerprint density at radius 1 is 1.12 bits per heavy atom. The molecule has 7 nitrogen and oxygen atoms in total. The third kappa shape index (κ3) is 7.11. The number of benzene rings is 2. The highest BCUT2D eigenvalue weighted by Gasteiger charge is 2.27. The third-order valence-corrected chi connectivity index (χ3v) is 7.13. The molecule has 176 valence electrons. The Bertz CT molecular complexity index is 936. The average molecular weight is 490 g/mol. The number of ether oxygens (including phenoxy) is 2. The van der Waals surface area contributed by atoms with Crippen LogP contribution in [0.3, 0.4) is 0 Å². The molecular weight excluding hydrogens is 462 g/mol. The van der Waals surface area contributed by atoms with Gasteiger partial charge in [-0.3, -0.25) is 14.5 Å². The Labute approximate surface area is 203 Å². The van der Waals surface area contributed by atoms with E-state index in [9.17, 15) is 9.59 Å². The second-order valence-corrected chi connectivity index (χ2v) is 9.71. The van der Waals surface area contributed by atoms with Crippen LogP contribution in [0.4, 0.5) is 0 Å². The van der Waals surface area contributed by atoms with Crippen molar-refractivity contribution in [2.75, 3.05) is 45.1 Å². The molecule has 2 saturated heterocycles. The van der Waals surface area contributed by atoms with Crippen LogP contribution in [-0.4, -0.2) is 67.9 Å². The van der Waals surface area contributed by atoms with Gasteiger partial charge in [0.1, 0.15) is 16.7 Å². The number of thioether (sulfide) groups is 1. The topological polar surface area (TPSA) is 79.9 Å². The number of nitrogens with one attached hydrogen (secondary N) is 2. The summed E-state index contributed by atoms with van der Waals surface area (Å²) in [6.07, 6.45) is 0.808. The molecule has 0 spiro atoms. The Kier molecular flexibility index (Phi) is 8.50. The van der Waals surface area contributed by atoms with Gasteiger partial charge in [0.05, 0.1) is 19.8 Å². The first-order valence-corrected chi connectivity index (χ1v) is 12.5. The maximum Gasteiger partial charge on any atom is 0.237 e. The van der Waals surface area contributed by atoms with Crippen molar-refractivity contribution in [2.45, 2.75) is 17.7 Å². The number of amides is 2. The second kappa shape index (κ2) is 11.7. The van der Waals surface area contributed by atoms with Crippen molar-refractivity contribution in [3.63, 3.8) is 0 Å². The van der Waals surface area contributed by atoms with E-state index >= 15 is 0 Å². The molecule has 2 aromatic carbocycles. The average Bonchev–Trinajstić information content (AvgIpc) is 3.01. The van der Waals surface area contributed by atoms with Gasteiger partial charge in [-0.15, -0.1) is 11.8 Å². The molecule has 2 atom stereocenters. The number of halogens is 1. The monoisotopic (exact) mass is 489 g/mol. The van der Waals surface area contributed by atoms with Crippen LogP contribution in [0, 0.1) is 0 Å². The molecule has 0 aliphatic carbocycles. The fraction of sp³-hybridized carbons (Fsp3) is 0.417. The number of carbonyl (C=O) groups is 2. The van der Waals surface area contributed by atoms with Crippen LogP contribution < -0.4 is 15.4 Å². The van der Waals surface area contributed by atoms with E-state index in [4.69, 9.17) is 21.1 Å². The van der Waals surface area contributed by atoms with Gasteiger partial charge in [-0.1, -0.05) is 23.7 Å². The largest absolute Gasteiger partial charge is 0.457 e. The van der Waals surface area contributed by atoms with Crippen LogP contribution in [-0.2, 0) is 14.3 Å². The van der Waals surface area contributed by atoms with Crippen LogP contribution >= 0.6 is 23.4 Å². The van der Waals surface area contributed by atoms with Crippen LogP contribution in [0.5, 0.6) is 11.5 Å². The van der Waals surface area contributed by atoms with Crippen molar-refractivity contribution in [1.29, 1.82) is 0 Å². The molecule has 0 radical (unpaired) electrons. The zero-order valence-corrected chi connectivity index (χ0v) is 19.9. The van der Waals surface area contributed by atoms with Crippen LogP contribution in [0.2, 0.25) is 5.02 Å². The lowest BCUT2D eigenvalue weighted by molar-refractivity contribution is -0.124. The Morgan fingerprint density at radius 2 is 1.79 bits per heavy atom. The fourth-order valence-corrected chi connectivity index (χ4v) is 5.11. The van der Waals surface area contributed by atoms with Gasteiger partial charge in [-0.25, -0.2) is 0 Å². The van der Waals surface area contributed by atoms with Crippen molar-refractivity contribution in [3.05, 3.63) is 59.1 Å². The molecule has 0 aromatic heterocycles. The van der Waals surface area contributed by atoms with Gasteiger partial charge >= 0.3 is 0 Å². The van der Waals surface area contributed by atoms with E-state index in [0.717, 1.165) is 30.8 Å². The number of morpholine rings is 1. The maximum atomic E-state index is 12.9. The Morgan fingerprint density at radius 3 is 2.48 bits per heavy atom. The number of hydrogen-bond acceptors (Lipinski definition) is 6. The molecular formula is C24H28ClN3O4S. The summed E-state index contributed by atoms with van der Waals surface area (Å²) in [6, 6.07) is 14.7. The molecule has 2 aromatic rings. The summed E-state index contributed by atoms with van der Waals surface area (Å²) in [5, 5.41) is 6.43. The van der Waals surface area contributed by atoms with Crippen molar-refractivity contribution in [2.24, 2.45) is 0 Å². The van der Waals surface area contributed by atoms with Gasteiger partial charge in [0.25, 0.3) is 0 Å². The van der Waals surface area contributed by atoms with Crippen molar-refractivity contribution >= 4 is 35.2 Å². The number of rotatable bonds is 7. The SMILES string of the molecule is O=C(CN1CCOCC1)NC[C@@H]1CCS[C@H](c2ccc(Oc3ccc(Cl)cc3)cc2)C(=O)N1. The lowest BCUT2D eigenvalue weighted by Crippen LogP contribution is -2.47. The van der Waals surface area contributed by atoms with E-state index < -0.39 is 0 Å². The highest BCUT2D eigenvalue weighted by Crippen LogP contribution is 2.33. The van der Waals surface area contributed by atoms with Crippen LogP contribution in [0.15, 0.2) is 48.5 Å². The minimum Gasteiger partial charge on any atom is -0.457 e. The number of carbonyl (C=O) groups excluding carboxylic acids is 2. The molecule has 0 unspecified atom stereocenters. The van der Waals surface area contributed by atoms with Gasteiger partial charge in [0, 0.05) is 30.7 Å². The normalized spacial score (nSPS) is 21.7. The van der Waals surface area contributed by atoms with Crippen molar-refractivity contribution in [1.82, 2.24) is 15.5 Å². The maximum absolute atomic E-state index is 12.9. The molecule has 4 rings (SSSR count). The Balaban J connectivity index is 1.27. The van der Waals surface area contributed by atoms with Gasteiger partial charge in [0.2, 0.25) is 11.8 Å². The number of nitrogens with zero attached hydrogens (tertiary/aromatic N) is 1. The fourth-order valence-electron chi connectivity index (χ4n) is 3.76. The van der Waals surface area contributed by atoms with Crippen molar-refractivity contribution in [3.8, 4) is 11.5 Å². The molecule has 0 bridgehead atoms. The standard InChI is InChI=1S/C24H28ClN3O4S/c25-18-3-7-21(8-4-18)32-20-5-1-17(2-6-20)23-24(30)27-19(9-14-33-23)15-26-22(29)16-28-10-12-31-13-11-28/h1-8,19,23H,9-16H2,(H,26,29)(H,27,30)/t19-,23+/m0/s1. The molecule has 2 aliphatic heterocycles. The third-order valence-electron chi connectivity index (χ3n) is 5.58. The molecule has 33 heavy (non-hydrogen) atoms. The zero-order valence-electron chi connectivity index (χ0n) is 18.3. The van der Waals surface area contributed by atoms with Crippen LogP contribution in [0.1, 0.15) is 17.2 Å². The molecule has 0 saturated carbocycles. The van der Waals surface area contributed by atoms with Gasteiger partial charge in [-0.2, -0.15) is 0 Å². The van der Waals surface area contributed by atoms with E-state index in [0.29, 0.717) is 42.8 Å². The quantitative estimate of drug-likeness (QED) is 0.621.